The number of rotatable bonds is 3. The summed E-state index contributed by atoms with van der Waals surface area (Å²) in [4.78, 5) is 30.1. The van der Waals surface area contributed by atoms with E-state index in [-0.39, 0.29) is 17.8 Å². The van der Waals surface area contributed by atoms with Crippen molar-refractivity contribution < 1.29 is 40.3 Å². The predicted molar refractivity (Wildman–Crippen MR) is 132 cm³/mol. The molecule has 1 aromatic heterocycles. The maximum atomic E-state index is 14.1. The van der Waals surface area contributed by atoms with Crippen LogP contribution in [0.4, 0.5) is 41.2 Å². The summed E-state index contributed by atoms with van der Waals surface area (Å²) in [5, 5.41) is 0. The zero-order valence-corrected chi connectivity index (χ0v) is 21.5. The van der Waals surface area contributed by atoms with Gasteiger partial charge in [-0.05, 0) is 42.3 Å². The molecule has 2 heterocycles. The molecule has 0 spiro atoms. The van der Waals surface area contributed by atoms with Gasteiger partial charge in [-0.15, -0.1) is 0 Å². The quantitative estimate of drug-likeness (QED) is 0.323. The van der Waals surface area contributed by atoms with Gasteiger partial charge in [-0.25, -0.2) is 18.5 Å². The van der Waals surface area contributed by atoms with Gasteiger partial charge in [0.1, 0.15) is 11.4 Å². The fourth-order valence-corrected chi connectivity index (χ4v) is 3.84. The lowest BCUT2D eigenvalue weighted by Crippen LogP contribution is -2.33. The first kappa shape index (κ1) is 29.1. The van der Waals surface area contributed by atoms with Gasteiger partial charge in [-0.2, -0.15) is 26.3 Å². The van der Waals surface area contributed by atoms with Gasteiger partial charge in [0, 0.05) is 57.7 Å². The van der Waals surface area contributed by atoms with E-state index in [0.29, 0.717) is 9.47 Å². The summed E-state index contributed by atoms with van der Waals surface area (Å²) in [5.41, 5.74) is -5.80. The molecule has 15 heteroatoms. The van der Waals surface area contributed by atoms with Crippen LogP contribution in [0, 0.1) is 17.8 Å². The maximum Gasteiger partial charge on any atom is 0.420 e. The van der Waals surface area contributed by atoms with Crippen molar-refractivity contribution >= 4 is 11.8 Å². The molecule has 0 saturated heterocycles. The first-order valence-electron chi connectivity index (χ1n) is 11.6. The van der Waals surface area contributed by atoms with Crippen LogP contribution in [0.1, 0.15) is 11.1 Å². The number of anilines is 1. The van der Waals surface area contributed by atoms with E-state index in [0.717, 1.165) is 48.3 Å². The predicted octanol–water partition coefficient (Wildman–Crippen LogP) is 4.93. The normalized spacial score (nSPS) is 13.8. The highest BCUT2D eigenvalue weighted by molar-refractivity contribution is 5.89. The second kappa shape index (κ2) is 10.6. The second-order valence-corrected chi connectivity index (χ2v) is 8.85. The number of carbonyl (C=O) groups is 1. The monoisotopic (exact) mass is 583 g/mol. The third kappa shape index (κ3) is 6.01. The molecule has 2 aromatic carbocycles. The van der Waals surface area contributed by atoms with Crippen LogP contribution >= 0.6 is 0 Å². The van der Waals surface area contributed by atoms with Gasteiger partial charge in [-0.3, -0.25) is 9.47 Å². The Morgan fingerprint density at radius 2 is 1.56 bits per heavy atom. The number of nitrogens with zero attached hydrogens (tertiary/aromatic N) is 5. The molecule has 0 saturated carbocycles. The fourth-order valence-electron chi connectivity index (χ4n) is 3.84. The molecular formula is C26H20F7N5O3. The highest BCUT2D eigenvalue weighted by Crippen LogP contribution is 2.44. The first-order chi connectivity index (χ1) is 19.1. The molecule has 3 aromatic rings. The molecule has 0 radical (unpaired) electrons. The van der Waals surface area contributed by atoms with E-state index in [2.05, 4.69) is 12.0 Å². The number of halogens is 7. The van der Waals surface area contributed by atoms with Gasteiger partial charge in [-0.1, -0.05) is 0 Å². The van der Waals surface area contributed by atoms with Crippen LogP contribution in [0.5, 0.6) is 5.75 Å². The van der Waals surface area contributed by atoms with Crippen LogP contribution in [-0.4, -0.2) is 52.3 Å². The largest absolute Gasteiger partial charge is 0.420 e. The van der Waals surface area contributed by atoms with E-state index in [4.69, 9.17) is 4.74 Å². The molecule has 0 N–H and O–H groups in total. The summed E-state index contributed by atoms with van der Waals surface area (Å²) < 4.78 is 103. The average Bonchev–Trinajstić information content (AvgIpc) is 3.41. The topological polar surface area (TPSA) is 63.0 Å². The Balaban J connectivity index is 1.85. The summed E-state index contributed by atoms with van der Waals surface area (Å²) >= 11 is 0. The Kier molecular flexibility index (Phi) is 7.53. The van der Waals surface area contributed by atoms with E-state index < -0.39 is 58.7 Å². The van der Waals surface area contributed by atoms with E-state index in [1.165, 1.54) is 0 Å². The minimum atomic E-state index is -5.43. The van der Waals surface area contributed by atoms with Gasteiger partial charge < -0.3 is 14.5 Å². The summed E-state index contributed by atoms with van der Waals surface area (Å²) in [6.45, 7) is 0. The number of imidazole rings is 1. The van der Waals surface area contributed by atoms with Gasteiger partial charge in [0.15, 0.2) is 11.9 Å². The van der Waals surface area contributed by atoms with Gasteiger partial charge in [0.05, 0.1) is 11.3 Å². The highest BCUT2D eigenvalue weighted by atomic mass is 19.4. The molecule has 8 nitrogen and oxygen atoms in total. The lowest BCUT2D eigenvalue weighted by atomic mass is 10.1. The van der Waals surface area contributed by atoms with Crippen LogP contribution < -0.4 is 15.3 Å². The standard InChI is InChI=1S/C26H20F7N5O3/c1-34-10-11-35(2)21(34)8-9-37-12-13-38(23(37)39)20-15-16(25(28,29)30)14-19(26(31,32)33)22(20)41-24(40)36(3)18-6-4-17(27)5-7-18/h4-7,10-15,21H,1-3H3. The Morgan fingerprint density at radius 1 is 0.951 bits per heavy atom. The number of amides is 1. The van der Waals surface area contributed by atoms with Crippen molar-refractivity contribution in [2.45, 2.75) is 18.5 Å². The van der Waals surface area contributed by atoms with Gasteiger partial charge in [0.25, 0.3) is 0 Å². The molecule has 1 amide bonds. The van der Waals surface area contributed by atoms with Crippen LogP contribution in [0.2, 0.25) is 0 Å². The molecule has 0 fully saturated rings. The number of benzene rings is 2. The first-order valence-corrected chi connectivity index (χ1v) is 11.6. The fraction of sp³-hybridized carbons (Fsp3) is 0.231. The van der Waals surface area contributed by atoms with E-state index >= 15 is 0 Å². The van der Waals surface area contributed by atoms with Crippen LogP contribution in [0.25, 0.3) is 5.69 Å². The summed E-state index contributed by atoms with van der Waals surface area (Å²) in [7, 11) is 4.51. The van der Waals surface area contributed by atoms with Crippen molar-refractivity contribution in [2.24, 2.45) is 0 Å². The third-order valence-electron chi connectivity index (χ3n) is 6.04. The Hall–Kier alpha value is -4.87. The van der Waals surface area contributed by atoms with Gasteiger partial charge in [0.2, 0.25) is 0 Å². The van der Waals surface area contributed by atoms with E-state index in [9.17, 15) is 40.3 Å². The number of aromatic nitrogens is 2. The maximum absolute atomic E-state index is 14.1. The Labute approximate surface area is 228 Å². The molecule has 4 rings (SSSR count). The Bertz CT molecular complexity index is 1600. The van der Waals surface area contributed by atoms with Crippen molar-refractivity contribution in [2.75, 3.05) is 26.0 Å². The molecule has 1 aliphatic rings. The zero-order valence-electron chi connectivity index (χ0n) is 21.5. The zero-order chi connectivity index (χ0) is 30.3. The van der Waals surface area contributed by atoms with E-state index in [1.807, 2.05) is 0 Å². The molecule has 0 atom stereocenters. The van der Waals surface area contributed by atoms with Crippen LogP contribution in [0.15, 0.2) is 66.0 Å². The molecule has 1 aliphatic heterocycles. The summed E-state index contributed by atoms with van der Waals surface area (Å²) in [5.74, 6) is 0.760. The average molecular weight is 583 g/mol. The lowest BCUT2D eigenvalue weighted by Gasteiger charge is -2.22. The number of hydrogen-bond donors (Lipinski definition) is 0. The molecule has 0 aliphatic carbocycles. The van der Waals surface area contributed by atoms with Crippen molar-refractivity contribution in [1.82, 2.24) is 18.9 Å². The minimum Gasteiger partial charge on any atom is -0.407 e. The molecule has 41 heavy (non-hydrogen) atoms. The minimum absolute atomic E-state index is 0.00773. The molecule has 0 bridgehead atoms. The number of hydrogen-bond acceptors (Lipinski definition) is 5. The lowest BCUT2D eigenvalue weighted by molar-refractivity contribution is -0.143. The summed E-state index contributed by atoms with van der Waals surface area (Å²) in [6.07, 6.45) is -7.27. The number of carbonyl (C=O) groups excluding carboxylic acids is 1. The molecule has 216 valence electrons. The van der Waals surface area contributed by atoms with Crippen molar-refractivity contribution in [3.05, 3.63) is 88.6 Å². The summed E-state index contributed by atoms with van der Waals surface area (Å²) in [6, 6.07) is 6.78. The third-order valence-corrected chi connectivity index (χ3v) is 6.04. The van der Waals surface area contributed by atoms with Gasteiger partial charge >= 0.3 is 24.1 Å². The molecular weight excluding hydrogens is 563 g/mol. The highest BCUT2D eigenvalue weighted by Gasteiger charge is 2.42. The number of ether oxygens (including phenoxy) is 1. The SMILES string of the molecule is CN(C(=O)Oc1c(-n2ccn(C#CC3N(C)C=CN3C)c2=O)cc(C(F)(F)F)cc1C(F)(F)F)c1ccc(F)cc1. The Morgan fingerprint density at radius 3 is 2.12 bits per heavy atom. The smallest absolute Gasteiger partial charge is 0.407 e. The van der Waals surface area contributed by atoms with Crippen LogP contribution in [0.3, 0.4) is 0 Å². The van der Waals surface area contributed by atoms with Crippen molar-refractivity contribution in [3.63, 3.8) is 0 Å². The van der Waals surface area contributed by atoms with E-state index in [1.54, 1.807) is 36.3 Å². The van der Waals surface area contributed by atoms with Crippen LogP contribution in [-0.2, 0) is 12.4 Å². The second-order valence-electron chi connectivity index (χ2n) is 8.85. The van der Waals surface area contributed by atoms with Crippen molar-refractivity contribution in [1.29, 1.82) is 0 Å². The van der Waals surface area contributed by atoms with Crippen molar-refractivity contribution in [3.8, 4) is 23.4 Å². The number of alkyl halides is 6. The molecule has 0 unspecified atom stereocenters.